The summed E-state index contributed by atoms with van der Waals surface area (Å²) in [4.78, 5) is 35.2. The highest BCUT2D eigenvalue weighted by Gasteiger charge is 2.24. The highest BCUT2D eigenvalue weighted by Crippen LogP contribution is 2.08. The Hall–Kier alpha value is -2.41. The van der Waals surface area contributed by atoms with Gasteiger partial charge >= 0.3 is 17.9 Å². The van der Waals surface area contributed by atoms with E-state index in [-0.39, 0.29) is 25.6 Å². The van der Waals surface area contributed by atoms with Gasteiger partial charge in [0, 0.05) is 19.8 Å². The number of ether oxygens (including phenoxy) is 3. The molecule has 7 heteroatoms. The average molecular weight is 523 g/mol. The lowest BCUT2D eigenvalue weighted by atomic mass is 10.1. The lowest BCUT2D eigenvalue weighted by Crippen LogP contribution is -2.43. The molecule has 0 radical (unpaired) electrons. The van der Waals surface area contributed by atoms with Gasteiger partial charge in [0.2, 0.25) is 0 Å². The molecule has 0 unspecified atom stereocenters. The van der Waals surface area contributed by atoms with Crippen molar-refractivity contribution in [1.29, 1.82) is 0 Å². The molecule has 0 aliphatic rings. The van der Waals surface area contributed by atoms with E-state index in [9.17, 15) is 14.4 Å². The Balaban J connectivity index is 3.74. The van der Waals surface area contributed by atoms with Gasteiger partial charge in [0.25, 0.3) is 0 Å². The third-order valence-corrected chi connectivity index (χ3v) is 5.31. The summed E-state index contributed by atoms with van der Waals surface area (Å²) >= 11 is 0. The summed E-state index contributed by atoms with van der Waals surface area (Å²) in [5.74, 6) is -1.07. The first-order valence-electron chi connectivity index (χ1n) is 13.9. The predicted molar refractivity (Wildman–Crippen MR) is 149 cm³/mol. The smallest absolute Gasteiger partial charge is 0.309 e. The molecule has 212 valence electrons. The normalized spacial score (nSPS) is 12.9. The molecule has 0 aromatic carbocycles. The number of likely N-dealkylation sites (N-methyl/N-ethyl adjacent to an activating group) is 1. The van der Waals surface area contributed by atoms with E-state index in [1.165, 1.54) is 32.6 Å². The quantitative estimate of drug-likeness (QED) is 0.0564. The van der Waals surface area contributed by atoms with Gasteiger partial charge < -0.3 is 18.7 Å². The molecule has 7 nitrogen and oxygen atoms in total. The van der Waals surface area contributed by atoms with Gasteiger partial charge in [0.05, 0.1) is 40.8 Å². The molecule has 0 spiro atoms. The van der Waals surface area contributed by atoms with Crippen LogP contribution in [0.25, 0.3) is 0 Å². The number of carbonyl (C=O) groups excluding carboxylic acids is 3. The summed E-state index contributed by atoms with van der Waals surface area (Å²) in [5, 5.41) is 0. The Labute approximate surface area is 225 Å². The Bertz CT molecular complexity index is 705. The minimum atomic E-state index is -0.526. The minimum absolute atomic E-state index is 0.0101. The van der Waals surface area contributed by atoms with Crippen LogP contribution < -0.4 is 0 Å². The second-order valence-electron chi connectivity index (χ2n) is 10.3. The largest absolute Gasteiger partial charge is 0.466 e. The number of allylic oxidation sites excluding steroid dienone is 6. The molecule has 0 aromatic heterocycles. The zero-order valence-electron chi connectivity index (χ0n) is 24.0. The molecule has 0 aliphatic carbocycles. The molecule has 0 aliphatic heterocycles. The predicted octanol–water partition coefficient (Wildman–Crippen LogP) is 6.08. The van der Waals surface area contributed by atoms with Crippen LogP contribution in [0, 0.1) is 0 Å². The number of unbranched alkanes of at least 4 members (excludes halogenated alkanes) is 5. The molecular weight excluding hydrogens is 470 g/mol. The fourth-order valence-electron chi connectivity index (χ4n) is 3.56. The Morgan fingerprint density at radius 3 is 1.81 bits per heavy atom. The zero-order valence-corrected chi connectivity index (χ0v) is 24.0. The lowest BCUT2D eigenvalue weighted by molar-refractivity contribution is -0.873. The van der Waals surface area contributed by atoms with Crippen LogP contribution in [0.4, 0.5) is 0 Å². The molecule has 0 saturated heterocycles. The number of hydrogen-bond donors (Lipinski definition) is 0. The number of carbonyl (C=O) groups is 3. The Morgan fingerprint density at radius 1 is 0.730 bits per heavy atom. The molecule has 1 atom stereocenters. The highest BCUT2D eigenvalue weighted by atomic mass is 16.6. The number of rotatable bonds is 22. The first kappa shape index (κ1) is 34.6. The minimum Gasteiger partial charge on any atom is -0.466 e. The first-order valence-corrected chi connectivity index (χ1v) is 13.9. The van der Waals surface area contributed by atoms with Crippen molar-refractivity contribution in [3.63, 3.8) is 0 Å². The van der Waals surface area contributed by atoms with Crippen LogP contribution in [-0.4, -0.2) is 69.4 Å². The van der Waals surface area contributed by atoms with Gasteiger partial charge in [-0.1, -0.05) is 56.2 Å². The third kappa shape index (κ3) is 26.5. The van der Waals surface area contributed by atoms with Crippen molar-refractivity contribution in [2.75, 3.05) is 40.9 Å². The second kappa shape index (κ2) is 22.8. The summed E-state index contributed by atoms with van der Waals surface area (Å²) in [5.41, 5.74) is 0. The van der Waals surface area contributed by atoms with E-state index < -0.39 is 18.0 Å². The van der Waals surface area contributed by atoms with Crippen LogP contribution in [0.15, 0.2) is 36.5 Å². The molecule has 0 rings (SSSR count). The first-order chi connectivity index (χ1) is 17.6. The number of nitrogens with zero attached hydrogens (tertiary/aromatic N) is 1. The second-order valence-corrected chi connectivity index (χ2v) is 10.3. The topological polar surface area (TPSA) is 78.9 Å². The van der Waals surface area contributed by atoms with Crippen molar-refractivity contribution in [1.82, 2.24) is 0 Å². The van der Waals surface area contributed by atoms with Gasteiger partial charge in [-0.15, -0.1) is 0 Å². The van der Waals surface area contributed by atoms with Crippen LogP contribution in [0.5, 0.6) is 0 Å². The molecule has 0 amide bonds. The van der Waals surface area contributed by atoms with Crippen molar-refractivity contribution in [2.24, 2.45) is 0 Å². The molecule has 0 heterocycles. The van der Waals surface area contributed by atoms with Gasteiger partial charge in [0.1, 0.15) is 6.54 Å². The molecule has 0 fully saturated rings. The van der Waals surface area contributed by atoms with Crippen molar-refractivity contribution >= 4 is 17.9 Å². The van der Waals surface area contributed by atoms with E-state index in [0.29, 0.717) is 23.9 Å². The molecule has 0 N–H and O–H groups in total. The van der Waals surface area contributed by atoms with E-state index in [1.807, 2.05) is 21.1 Å². The Kier molecular flexibility index (Phi) is 21.3. The van der Waals surface area contributed by atoms with E-state index in [1.54, 1.807) is 0 Å². The summed E-state index contributed by atoms with van der Waals surface area (Å²) in [7, 11) is 5.88. The van der Waals surface area contributed by atoms with E-state index >= 15 is 0 Å². The number of quaternary nitrogens is 1. The van der Waals surface area contributed by atoms with Gasteiger partial charge in [-0.2, -0.15) is 0 Å². The fourth-order valence-corrected chi connectivity index (χ4v) is 3.56. The SMILES string of the molecule is CCCCC/C=C\C/C=C\C/C=C\CCCCC(=O)OCCCOC(=O)C[C@H](C[N+](C)(C)C)OC(C)=O. The van der Waals surface area contributed by atoms with Gasteiger partial charge in [-0.05, 0) is 44.9 Å². The maximum atomic E-state index is 12.0. The van der Waals surface area contributed by atoms with Gasteiger partial charge in [-0.25, -0.2) is 0 Å². The van der Waals surface area contributed by atoms with Crippen molar-refractivity contribution < 1.29 is 33.1 Å². The van der Waals surface area contributed by atoms with Gasteiger partial charge in [-0.3, -0.25) is 14.4 Å². The maximum absolute atomic E-state index is 12.0. The van der Waals surface area contributed by atoms with Crippen molar-refractivity contribution in [2.45, 2.75) is 97.0 Å². The van der Waals surface area contributed by atoms with Crippen LogP contribution in [0.1, 0.15) is 90.9 Å². The summed E-state index contributed by atoms with van der Waals surface area (Å²) in [6.45, 7) is 4.45. The Morgan fingerprint density at radius 2 is 1.27 bits per heavy atom. The maximum Gasteiger partial charge on any atom is 0.309 e. The van der Waals surface area contributed by atoms with E-state index in [2.05, 4.69) is 43.4 Å². The van der Waals surface area contributed by atoms with Crippen LogP contribution >= 0.6 is 0 Å². The lowest BCUT2D eigenvalue weighted by Gasteiger charge is -2.28. The molecular formula is C30H52NO6+. The summed E-state index contributed by atoms with van der Waals surface area (Å²) < 4.78 is 16.2. The third-order valence-electron chi connectivity index (χ3n) is 5.31. The highest BCUT2D eigenvalue weighted by molar-refractivity contribution is 5.71. The summed E-state index contributed by atoms with van der Waals surface area (Å²) in [6.07, 6.45) is 23.2. The summed E-state index contributed by atoms with van der Waals surface area (Å²) in [6, 6.07) is 0. The average Bonchev–Trinajstić information content (AvgIpc) is 2.79. The number of esters is 3. The van der Waals surface area contributed by atoms with Crippen molar-refractivity contribution in [3.8, 4) is 0 Å². The van der Waals surface area contributed by atoms with Crippen LogP contribution in [0.3, 0.4) is 0 Å². The van der Waals surface area contributed by atoms with Crippen LogP contribution in [0.2, 0.25) is 0 Å². The fraction of sp³-hybridized carbons (Fsp3) is 0.700. The van der Waals surface area contributed by atoms with Crippen molar-refractivity contribution in [3.05, 3.63) is 36.5 Å². The van der Waals surface area contributed by atoms with E-state index in [4.69, 9.17) is 14.2 Å². The molecule has 0 aromatic rings. The van der Waals surface area contributed by atoms with Crippen LogP contribution in [-0.2, 0) is 28.6 Å². The number of hydrogen-bond acceptors (Lipinski definition) is 6. The molecule has 0 bridgehead atoms. The molecule has 37 heavy (non-hydrogen) atoms. The van der Waals surface area contributed by atoms with E-state index in [0.717, 1.165) is 32.1 Å². The standard InChI is InChI=1S/C30H52NO6/c1-6-7-8-9-10-11-12-13-14-15-16-17-18-19-20-22-29(33)35-23-21-24-36-30(34)25-28(37-27(2)32)26-31(3,4)5/h10-11,13-14,16-17,28H,6-9,12,15,18-26H2,1-5H3/q+1/b11-10-,14-13-,17-16-/t28-/m1/s1. The molecule has 0 saturated carbocycles. The zero-order chi connectivity index (χ0) is 27.8. The monoisotopic (exact) mass is 522 g/mol. The van der Waals surface area contributed by atoms with Gasteiger partial charge in [0.15, 0.2) is 6.10 Å².